The third-order valence-corrected chi connectivity index (χ3v) is 4.02. The zero-order valence-electron chi connectivity index (χ0n) is 16.4. The maximum absolute atomic E-state index is 12.2. The van der Waals surface area contributed by atoms with E-state index < -0.39 is 6.36 Å². The molecule has 0 atom stereocenters. The van der Waals surface area contributed by atoms with Crippen LogP contribution in [0.4, 0.5) is 18.9 Å². The minimum absolute atomic E-state index is 0.133. The van der Waals surface area contributed by atoms with Crippen LogP contribution < -0.4 is 19.5 Å². The highest BCUT2D eigenvalue weighted by Crippen LogP contribution is 2.27. The summed E-state index contributed by atoms with van der Waals surface area (Å²) in [5.41, 5.74) is 1.42. The molecule has 0 radical (unpaired) electrons. The van der Waals surface area contributed by atoms with E-state index in [0.717, 1.165) is 17.7 Å². The summed E-state index contributed by atoms with van der Waals surface area (Å²) in [6.45, 7) is 0.759. The van der Waals surface area contributed by atoms with Crippen LogP contribution in [-0.2, 0) is 11.2 Å². The van der Waals surface area contributed by atoms with Crippen molar-refractivity contribution in [2.45, 2.75) is 12.8 Å². The lowest BCUT2D eigenvalue weighted by atomic mass is 10.1. The quantitative estimate of drug-likeness (QED) is 0.680. The van der Waals surface area contributed by atoms with Crippen LogP contribution in [0.2, 0.25) is 0 Å². The molecular formula is C20H23F3N2O4. The summed E-state index contributed by atoms with van der Waals surface area (Å²) in [5.74, 6) is 0.672. The minimum atomic E-state index is -4.75. The number of halogens is 3. The van der Waals surface area contributed by atoms with Gasteiger partial charge in [-0.05, 0) is 55.4 Å². The van der Waals surface area contributed by atoms with Crippen molar-refractivity contribution in [2.75, 3.05) is 39.7 Å². The molecule has 0 aromatic heterocycles. The number of hydrogen-bond donors (Lipinski definition) is 1. The third kappa shape index (κ3) is 7.53. The summed E-state index contributed by atoms with van der Waals surface area (Å²) >= 11 is 0. The van der Waals surface area contributed by atoms with Gasteiger partial charge in [0.15, 0.2) is 11.5 Å². The highest BCUT2D eigenvalue weighted by molar-refractivity contribution is 5.92. The van der Waals surface area contributed by atoms with Crippen LogP contribution in [0, 0.1) is 0 Å². The normalized spacial score (nSPS) is 11.3. The smallest absolute Gasteiger partial charge is 0.493 e. The van der Waals surface area contributed by atoms with Crippen molar-refractivity contribution in [3.05, 3.63) is 48.0 Å². The van der Waals surface area contributed by atoms with E-state index in [1.54, 1.807) is 21.3 Å². The molecule has 1 amide bonds. The third-order valence-electron chi connectivity index (χ3n) is 4.02. The van der Waals surface area contributed by atoms with Crippen LogP contribution in [0.1, 0.15) is 5.56 Å². The van der Waals surface area contributed by atoms with Gasteiger partial charge in [-0.3, -0.25) is 9.69 Å². The molecule has 0 saturated carbocycles. The summed E-state index contributed by atoms with van der Waals surface area (Å²) in [7, 11) is 4.95. The van der Waals surface area contributed by atoms with Crippen molar-refractivity contribution in [3.63, 3.8) is 0 Å². The van der Waals surface area contributed by atoms with Gasteiger partial charge >= 0.3 is 6.36 Å². The van der Waals surface area contributed by atoms with E-state index in [4.69, 9.17) is 9.47 Å². The molecule has 0 aliphatic rings. The maximum atomic E-state index is 12.2. The maximum Gasteiger partial charge on any atom is 0.573 e. The predicted molar refractivity (Wildman–Crippen MR) is 103 cm³/mol. The Balaban J connectivity index is 1.81. The van der Waals surface area contributed by atoms with Crippen molar-refractivity contribution in [3.8, 4) is 17.2 Å². The van der Waals surface area contributed by atoms with Gasteiger partial charge in [0, 0.05) is 12.2 Å². The van der Waals surface area contributed by atoms with Gasteiger partial charge < -0.3 is 19.5 Å². The van der Waals surface area contributed by atoms with E-state index in [-0.39, 0.29) is 18.2 Å². The van der Waals surface area contributed by atoms with Crippen LogP contribution in [0.5, 0.6) is 17.2 Å². The number of methoxy groups -OCH3 is 2. The Morgan fingerprint density at radius 3 is 2.28 bits per heavy atom. The number of likely N-dealkylation sites (N-methyl/N-ethyl adjacent to an activating group) is 1. The number of ether oxygens (including phenoxy) is 3. The summed E-state index contributed by atoms with van der Waals surface area (Å²) in [4.78, 5) is 14.0. The number of benzene rings is 2. The number of nitrogens with one attached hydrogen (secondary N) is 1. The molecule has 0 spiro atoms. The van der Waals surface area contributed by atoms with E-state index in [9.17, 15) is 18.0 Å². The Morgan fingerprint density at radius 1 is 1.03 bits per heavy atom. The second-order valence-corrected chi connectivity index (χ2v) is 6.30. The van der Waals surface area contributed by atoms with Crippen molar-refractivity contribution >= 4 is 11.6 Å². The van der Waals surface area contributed by atoms with Gasteiger partial charge in [-0.1, -0.05) is 6.07 Å². The Morgan fingerprint density at radius 2 is 1.69 bits per heavy atom. The van der Waals surface area contributed by atoms with Crippen LogP contribution in [-0.4, -0.2) is 51.5 Å². The Hall–Kier alpha value is -2.94. The average molecular weight is 412 g/mol. The Labute approximate surface area is 167 Å². The zero-order chi connectivity index (χ0) is 21.4. The second kappa shape index (κ2) is 10.0. The number of amides is 1. The van der Waals surface area contributed by atoms with Crippen LogP contribution in [0.15, 0.2) is 42.5 Å². The van der Waals surface area contributed by atoms with E-state index in [0.29, 0.717) is 30.2 Å². The molecule has 0 heterocycles. The molecule has 29 heavy (non-hydrogen) atoms. The monoisotopic (exact) mass is 412 g/mol. The van der Waals surface area contributed by atoms with Gasteiger partial charge in [0.1, 0.15) is 5.75 Å². The average Bonchev–Trinajstić information content (AvgIpc) is 2.66. The first kappa shape index (κ1) is 22.4. The van der Waals surface area contributed by atoms with Crippen molar-refractivity contribution in [1.82, 2.24) is 4.90 Å². The lowest BCUT2D eigenvalue weighted by Gasteiger charge is -2.17. The highest BCUT2D eigenvalue weighted by Gasteiger charge is 2.30. The first-order chi connectivity index (χ1) is 13.7. The lowest BCUT2D eigenvalue weighted by molar-refractivity contribution is -0.274. The molecular weight excluding hydrogens is 389 g/mol. The number of hydrogen-bond acceptors (Lipinski definition) is 5. The first-order valence-corrected chi connectivity index (χ1v) is 8.75. The number of nitrogens with zero attached hydrogens (tertiary/aromatic N) is 1. The van der Waals surface area contributed by atoms with Crippen LogP contribution >= 0.6 is 0 Å². The van der Waals surface area contributed by atoms with Crippen molar-refractivity contribution in [1.29, 1.82) is 0 Å². The molecule has 2 aromatic carbocycles. The van der Waals surface area contributed by atoms with Gasteiger partial charge in [0.25, 0.3) is 0 Å². The zero-order valence-corrected chi connectivity index (χ0v) is 16.4. The van der Waals surface area contributed by atoms with E-state index >= 15 is 0 Å². The number of alkyl halides is 3. The second-order valence-electron chi connectivity index (χ2n) is 6.30. The largest absolute Gasteiger partial charge is 0.573 e. The van der Waals surface area contributed by atoms with E-state index in [2.05, 4.69) is 10.1 Å². The molecule has 2 rings (SSSR count). The summed E-state index contributed by atoms with van der Waals surface area (Å²) < 4.78 is 50.8. The van der Waals surface area contributed by atoms with Crippen LogP contribution in [0.25, 0.3) is 0 Å². The number of carbonyl (C=O) groups excluding carboxylic acids is 1. The fourth-order valence-electron chi connectivity index (χ4n) is 2.62. The number of anilines is 1. The van der Waals surface area contributed by atoms with E-state index in [1.807, 2.05) is 23.1 Å². The topological polar surface area (TPSA) is 60.0 Å². The lowest BCUT2D eigenvalue weighted by Crippen LogP contribution is -2.31. The molecule has 0 fully saturated rings. The van der Waals surface area contributed by atoms with Crippen molar-refractivity contribution < 1.29 is 32.2 Å². The summed E-state index contributed by atoms with van der Waals surface area (Å²) in [5, 5.41) is 2.64. The molecule has 158 valence electrons. The van der Waals surface area contributed by atoms with Gasteiger partial charge in [-0.15, -0.1) is 13.2 Å². The Kier molecular flexibility index (Phi) is 7.72. The summed E-state index contributed by atoms with van der Waals surface area (Å²) in [6.07, 6.45) is -4.05. The standard InChI is InChI=1S/C20H23F3N2O4/c1-25(11-10-14-4-9-17(27-2)18(12-14)28-3)13-19(26)24-15-5-7-16(8-6-15)29-20(21,22)23/h4-9,12H,10-11,13H2,1-3H3,(H,24,26). The summed E-state index contributed by atoms with van der Waals surface area (Å²) in [6, 6.07) is 10.6. The SMILES string of the molecule is COc1ccc(CCN(C)CC(=O)Nc2ccc(OC(F)(F)F)cc2)cc1OC. The molecule has 1 N–H and O–H groups in total. The van der Waals surface area contributed by atoms with Crippen LogP contribution in [0.3, 0.4) is 0 Å². The molecule has 0 unspecified atom stereocenters. The van der Waals surface area contributed by atoms with Gasteiger partial charge in [-0.25, -0.2) is 0 Å². The molecule has 2 aromatic rings. The minimum Gasteiger partial charge on any atom is -0.493 e. The van der Waals surface area contributed by atoms with Crippen molar-refractivity contribution in [2.24, 2.45) is 0 Å². The molecule has 0 saturated heterocycles. The van der Waals surface area contributed by atoms with Gasteiger partial charge in [-0.2, -0.15) is 0 Å². The molecule has 0 bridgehead atoms. The molecule has 0 aliphatic heterocycles. The molecule has 0 aliphatic carbocycles. The fraction of sp³-hybridized carbons (Fsp3) is 0.350. The predicted octanol–water partition coefficient (Wildman–Crippen LogP) is 3.72. The first-order valence-electron chi connectivity index (χ1n) is 8.75. The Bertz CT molecular complexity index is 810. The highest BCUT2D eigenvalue weighted by atomic mass is 19.4. The van der Waals surface area contributed by atoms with E-state index in [1.165, 1.54) is 12.1 Å². The molecule has 6 nitrogen and oxygen atoms in total. The van der Waals surface area contributed by atoms with Gasteiger partial charge in [0.05, 0.1) is 20.8 Å². The number of rotatable bonds is 9. The fourth-order valence-corrected chi connectivity index (χ4v) is 2.62. The number of carbonyl (C=O) groups is 1. The molecule has 9 heteroatoms. The van der Waals surface area contributed by atoms with Gasteiger partial charge in [0.2, 0.25) is 5.91 Å².